The van der Waals surface area contributed by atoms with Crippen LogP contribution in [0.1, 0.15) is 34.0 Å². The molecule has 0 fully saturated rings. The van der Waals surface area contributed by atoms with Gasteiger partial charge in [0.1, 0.15) is 0 Å². The first-order valence-corrected chi connectivity index (χ1v) is 6.03. The molecule has 0 N–H and O–H groups in total. The summed E-state index contributed by atoms with van der Waals surface area (Å²) in [5.41, 5.74) is 2.53. The van der Waals surface area contributed by atoms with E-state index in [2.05, 4.69) is 22.0 Å². The molecule has 84 valence electrons. The number of halogens is 1. The summed E-state index contributed by atoms with van der Waals surface area (Å²) in [6, 6.07) is 5.55. The van der Waals surface area contributed by atoms with Crippen LogP contribution in [0.4, 0.5) is 0 Å². The average molecular weight is 282 g/mol. The van der Waals surface area contributed by atoms with Gasteiger partial charge in [-0.25, -0.2) is 4.79 Å². The Morgan fingerprint density at radius 2 is 2.25 bits per heavy atom. The van der Waals surface area contributed by atoms with Crippen LogP contribution >= 0.6 is 15.9 Å². The third-order valence-electron chi connectivity index (χ3n) is 2.30. The molecule has 0 unspecified atom stereocenters. The Bertz CT molecular complexity index is 449. The van der Waals surface area contributed by atoms with Crippen molar-refractivity contribution in [3.8, 4) is 6.07 Å². The number of ether oxygens (including phenoxy) is 1. The minimum absolute atomic E-state index is 0.330. The molecule has 16 heavy (non-hydrogen) atoms. The monoisotopic (exact) mass is 281 g/mol. The van der Waals surface area contributed by atoms with E-state index in [0.717, 1.165) is 5.56 Å². The normalized spacial score (nSPS) is 9.62. The Hall–Kier alpha value is -1.34. The fraction of sp³-hybridized carbons (Fsp3) is 0.333. The maximum Gasteiger partial charge on any atom is 0.338 e. The number of hydrogen-bond acceptors (Lipinski definition) is 3. The Morgan fingerprint density at radius 1 is 1.56 bits per heavy atom. The first kappa shape index (κ1) is 12.7. The summed E-state index contributed by atoms with van der Waals surface area (Å²) >= 11 is 3.32. The van der Waals surface area contributed by atoms with Crippen molar-refractivity contribution in [2.24, 2.45) is 0 Å². The predicted molar refractivity (Wildman–Crippen MR) is 64.5 cm³/mol. The van der Waals surface area contributed by atoms with E-state index in [1.807, 2.05) is 0 Å². The highest BCUT2D eigenvalue weighted by molar-refractivity contribution is 9.08. The number of rotatable bonds is 3. The van der Waals surface area contributed by atoms with E-state index in [1.54, 1.807) is 26.0 Å². The van der Waals surface area contributed by atoms with Crippen LogP contribution < -0.4 is 0 Å². The van der Waals surface area contributed by atoms with E-state index in [9.17, 15) is 4.79 Å². The summed E-state index contributed by atoms with van der Waals surface area (Å²) in [4.78, 5) is 11.8. The molecule has 1 aromatic rings. The number of carbonyl (C=O) groups excluding carboxylic acids is 1. The highest BCUT2D eigenvalue weighted by atomic mass is 79.9. The lowest BCUT2D eigenvalue weighted by atomic mass is 9.98. The van der Waals surface area contributed by atoms with Crippen LogP contribution in [0.3, 0.4) is 0 Å². The third-order valence-corrected chi connectivity index (χ3v) is 2.90. The first-order valence-electron chi connectivity index (χ1n) is 4.91. The molecule has 0 spiro atoms. The van der Waals surface area contributed by atoms with E-state index >= 15 is 0 Å². The van der Waals surface area contributed by atoms with E-state index in [-0.39, 0.29) is 5.97 Å². The summed E-state index contributed by atoms with van der Waals surface area (Å²) in [6.45, 7) is 3.85. The largest absolute Gasteiger partial charge is 0.462 e. The number of benzene rings is 1. The van der Waals surface area contributed by atoms with Crippen molar-refractivity contribution < 1.29 is 9.53 Å². The minimum Gasteiger partial charge on any atom is -0.462 e. The Labute approximate surface area is 103 Å². The van der Waals surface area contributed by atoms with E-state index in [1.165, 1.54) is 0 Å². The molecule has 1 aromatic carbocycles. The third kappa shape index (κ3) is 2.42. The van der Waals surface area contributed by atoms with E-state index in [0.29, 0.717) is 28.6 Å². The molecule has 0 amide bonds. The van der Waals surface area contributed by atoms with Crippen molar-refractivity contribution in [3.63, 3.8) is 0 Å². The van der Waals surface area contributed by atoms with Crippen LogP contribution in [-0.2, 0) is 10.1 Å². The van der Waals surface area contributed by atoms with Gasteiger partial charge in [0.15, 0.2) is 0 Å². The van der Waals surface area contributed by atoms with Crippen molar-refractivity contribution in [1.82, 2.24) is 0 Å². The van der Waals surface area contributed by atoms with Crippen LogP contribution in [0.25, 0.3) is 0 Å². The van der Waals surface area contributed by atoms with Crippen LogP contribution in [0.15, 0.2) is 12.1 Å². The molecule has 1 rings (SSSR count). The summed E-state index contributed by atoms with van der Waals surface area (Å²) in [5.74, 6) is -0.369. The number of hydrogen-bond donors (Lipinski definition) is 0. The molecule has 0 radical (unpaired) electrons. The molecule has 0 aliphatic rings. The molecule has 0 saturated heterocycles. The second-order valence-electron chi connectivity index (χ2n) is 3.24. The zero-order valence-corrected chi connectivity index (χ0v) is 10.8. The first-order chi connectivity index (χ1) is 7.65. The molecule has 0 aromatic heterocycles. The van der Waals surface area contributed by atoms with Gasteiger partial charge in [-0.15, -0.1) is 0 Å². The Morgan fingerprint density at radius 3 is 2.75 bits per heavy atom. The van der Waals surface area contributed by atoms with Crippen molar-refractivity contribution in [2.45, 2.75) is 19.2 Å². The lowest BCUT2D eigenvalue weighted by Gasteiger charge is -2.10. The standard InChI is InChI=1S/C12H12BrNO2/c1-3-16-12(15)11-8(2)10(7-14)5-4-9(11)6-13/h4-5H,3,6H2,1-2H3. The predicted octanol–water partition coefficient (Wildman–Crippen LogP) is 2.94. The maximum atomic E-state index is 11.8. The van der Waals surface area contributed by atoms with Gasteiger partial charge in [-0.2, -0.15) is 5.26 Å². The molecular formula is C12H12BrNO2. The summed E-state index contributed by atoms with van der Waals surface area (Å²) in [6.07, 6.45) is 0. The topological polar surface area (TPSA) is 50.1 Å². The molecule has 0 bridgehead atoms. The molecule has 0 aliphatic carbocycles. The molecule has 0 atom stereocenters. The summed E-state index contributed by atoms with van der Waals surface area (Å²) in [5, 5.41) is 9.47. The fourth-order valence-corrected chi connectivity index (χ4v) is 1.95. The zero-order chi connectivity index (χ0) is 12.1. The number of nitriles is 1. The Kier molecular flexibility index (Phi) is 4.51. The SMILES string of the molecule is CCOC(=O)c1c(CBr)ccc(C#N)c1C. The molecular weight excluding hydrogens is 270 g/mol. The highest BCUT2D eigenvalue weighted by Gasteiger charge is 2.17. The average Bonchev–Trinajstić information content (AvgIpc) is 2.28. The molecule has 0 aliphatic heterocycles. The quantitative estimate of drug-likeness (QED) is 0.632. The van der Waals surface area contributed by atoms with Crippen molar-refractivity contribution >= 4 is 21.9 Å². The Balaban J connectivity index is 3.33. The van der Waals surface area contributed by atoms with Crippen LogP contribution in [-0.4, -0.2) is 12.6 Å². The minimum atomic E-state index is -0.369. The lowest BCUT2D eigenvalue weighted by molar-refractivity contribution is 0.0524. The second-order valence-corrected chi connectivity index (χ2v) is 3.80. The maximum absolute atomic E-state index is 11.8. The molecule has 4 heteroatoms. The second kappa shape index (κ2) is 5.66. The molecule has 0 heterocycles. The summed E-state index contributed by atoms with van der Waals surface area (Å²) < 4.78 is 4.98. The van der Waals surface area contributed by atoms with Gasteiger partial charge in [-0.3, -0.25) is 0 Å². The van der Waals surface area contributed by atoms with Gasteiger partial charge in [0.2, 0.25) is 0 Å². The van der Waals surface area contributed by atoms with Crippen molar-refractivity contribution in [3.05, 3.63) is 34.4 Å². The smallest absolute Gasteiger partial charge is 0.338 e. The number of esters is 1. The van der Waals surface area contributed by atoms with E-state index in [4.69, 9.17) is 10.00 Å². The zero-order valence-electron chi connectivity index (χ0n) is 9.21. The van der Waals surface area contributed by atoms with Gasteiger partial charge >= 0.3 is 5.97 Å². The summed E-state index contributed by atoms with van der Waals surface area (Å²) in [7, 11) is 0. The van der Waals surface area contributed by atoms with E-state index < -0.39 is 0 Å². The van der Waals surface area contributed by atoms with Crippen LogP contribution in [0, 0.1) is 18.3 Å². The van der Waals surface area contributed by atoms with Gasteiger partial charge in [0, 0.05) is 5.33 Å². The van der Waals surface area contributed by atoms with Gasteiger partial charge < -0.3 is 4.74 Å². The highest BCUT2D eigenvalue weighted by Crippen LogP contribution is 2.21. The van der Waals surface area contributed by atoms with Gasteiger partial charge in [-0.1, -0.05) is 22.0 Å². The number of alkyl halides is 1. The van der Waals surface area contributed by atoms with Gasteiger partial charge in [0.05, 0.1) is 23.8 Å². The fourth-order valence-electron chi connectivity index (χ4n) is 1.49. The lowest BCUT2D eigenvalue weighted by Crippen LogP contribution is -2.10. The molecule has 3 nitrogen and oxygen atoms in total. The van der Waals surface area contributed by atoms with Gasteiger partial charge in [-0.05, 0) is 31.0 Å². The van der Waals surface area contributed by atoms with Crippen molar-refractivity contribution in [1.29, 1.82) is 5.26 Å². The number of nitrogens with zero attached hydrogens (tertiary/aromatic N) is 1. The van der Waals surface area contributed by atoms with Crippen LogP contribution in [0.5, 0.6) is 0 Å². The number of carbonyl (C=O) groups is 1. The van der Waals surface area contributed by atoms with Gasteiger partial charge in [0.25, 0.3) is 0 Å². The molecule has 0 saturated carbocycles. The van der Waals surface area contributed by atoms with Crippen molar-refractivity contribution in [2.75, 3.05) is 6.61 Å². The van der Waals surface area contributed by atoms with Crippen LogP contribution in [0.2, 0.25) is 0 Å².